The summed E-state index contributed by atoms with van der Waals surface area (Å²) in [6.07, 6.45) is 1.22. The fourth-order valence-electron chi connectivity index (χ4n) is 1.44. The molecule has 0 aliphatic carbocycles. The molecule has 0 bridgehead atoms. The largest absolute Gasteiger partial charge is 0.378 e. The first-order valence-electron chi connectivity index (χ1n) is 6.27. The maximum Gasteiger partial charge on any atom is 0.188 e. The predicted molar refractivity (Wildman–Crippen MR) is 74.2 cm³/mol. The van der Waals surface area contributed by atoms with Crippen molar-refractivity contribution in [2.75, 3.05) is 19.7 Å². The van der Waals surface area contributed by atoms with E-state index in [0.717, 1.165) is 25.1 Å². The fourth-order valence-corrected chi connectivity index (χ4v) is 1.44. The van der Waals surface area contributed by atoms with Crippen LogP contribution in [0.3, 0.4) is 0 Å². The Balaban J connectivity index is 3.87. The third-order valence-corrected chi connectivity index (χ3v) is 2.38. The molecule has 0 aromatic heterocycles. The van der Waals surface area contributed by atoms with Crippen molar-refractivity contribution < 1.29 is 4.74 Å². The molecule has 0 aliphatic rings. The van der Waals surface area contributed by atoms with Gasteiger partial charge in [-0.05, 0) is 26.2 Å². The molecule has 0 spiro atoms. The average molecular weight is 241 g/mol. The van der Waals surface area contributed by atoms with Crippen molar-refractivity contribution >= 4 is 5.96 Å². The van der Waals surface area contributed by atoms with E-state index in [1.165, 1.54) is 0 Å². The van der Waals surface area contributed by atoms with Gasteiger partial charge in [0.25, 0.3) is 0 Å². The van der Waals surface area contributed by atoms with Gasteiger partial charge in [-0.1, -0.05) is 26.0 Å². The van der Waals surface area contributed by atoms with Crippen molar-refractivity contribution in [1.29, 1.82) is 0 Å². The lowest BCUT2D eigenvalue weighted by molar-refractivity contribution is 0.0258. The maximum absolute atomic E-state index is 5.72. The lowest BCUT2D eigenvalue weighted by Gasteiger charge is -2.20. The standard InChI is InChI=1S/C13H27N3O/c1-6-17-12(11(4)5)7-8-15-13(14)16-9-10(2)3/h11-12H,2,6-9H2,1,3-5H3,(H3,14,15,16). The van der Waals surface area contributed by atoms with E-state index in [2.05, 4.69) is 30.7 Å². The summed E-state index contributed by atoms with van der Waals surface area (Å²) >= 11 is 0. The Labute approximate surface area is 105 Å². The molecule has 0 saturated carbocycles. The molecule has 4 nitrogen and oxygen atoms in total. The molecule has 0 aliphatic heterocycles. The topological polar surface area (TPSA) is 59.6 Å². The van der Waals surface area contributed by atoms with Crippen LogP contribution in [0.15, 0.2) is 17.1 Å². The SMILES string of the molecule is C=C(C)CN=C(N)NCCC(OCC)C(C)C. The summed E-state index contributed by atoms with van der Waals surface area (Å²) in [6.45, 7) is 14.2. The predicted octanol–water partition coefficient (Wildman–Crippen LogP) is 1.92. The number of ether oxygens (including phenoxy) is 1. The van der Waals surface area contributed by atoms with E-state index in [1.807, 2.05) is 13.8 Å². The highest BCUT2D eigenvalue weighted by Crippen LogP contribution is 2.09. The van der Waals surface area contributed by atoms with Crippen molar-refractivity contribution in [3.05, 3.63) is 12.2 Å². The second-order valence-corrected chi connectivity index (χ2v) is 4.61. The van der Waals surface area contributed by atoms with E-state index in [0.29, 0.717) is 18.4 Å². The van der Waals surface area contributed by atoms with E-state index < -0.39 is 0 Å². The summed E-state index contributed by atoms with van der Waals surface area (Å²) in [5.74, 6) is 0.998. The number of hydrogen-bond donors (Lipinski definition) is 2. The van der Waals surface area contributed by atoms with E-state index in [9.17, 15) is 0 Å². The first kappa shape index (κ1) is 16.0. The summed E-state index contributed by atoms with van der Waals surface area (Å²) in [5, 5.41) is 3.09. The van der Waals surface area contributed by atoms with Crippen molar-refractivity contribution in [1.82, 2.24) is 5.32 Å². The van der Waals surface area contributed by atoms with Gasteiger partial charge in [-0.3, -0.25) is 0 Å². The zero-order valence-electron chi connectivity index (χ0n) is 11.6. The lowest BCUT2D eigenvalue weighted by Crippen LogP contribution is -2.35. The number of nitrogens with zero attached hydrogens (tertiary/aromatic N) is 1. The molecule has 3 N–H and O–H groups in total. The molecule has 4 heteroatoms. The lowest BCUT2D eigenvalue weighted by atomic mass is 10.0. The van der Waals surface area contributed by atoms with Crippen LogP contribution in [0, 0.1) is 5.92 Å². The Kier molecular flexibility index (Phi) is 8.50. The van der Waals surface area contributed by atoms with Gasteiger partial charge in [0, 0.05) is 13.2 Å². The number of nitrogens with two attached hydrogens (primary N) is 1. The van der Waals surface area contributed by atoms with Crippen LogP contribution >= 0.6 is 0 Å². The summed E-state index contributed by atoms with van der Waals surface area (Å²) in [4.78, 5) is 4.15. The number of aliphatic imine (C=N–C) groups is 1. The van der Waals surface area contributed by atoms with Gasteiger partial charge in [0.05, 0.1) is 12.6 Å². The molecule has 1 atom stereocenters. The van der Waals surface area contributed by atoms with Crippen LogP contribution in [-0.2, 0) is 4.74 Å². The molecule has 0 aromatic carbocycles. The summed E-state index contributed by atoms with van der Waals surface area (Å²) in [6, 6.07) is 0. The van der Waals surface area contributed by atoms with Crippen LogP contribution in [-0.4, -0.2) is 31.8 Å². The van der Waals surface area contributed by atoms with Crippen molar-refractivity contribution in [2.45, 2.75) is 40.2 Å². The van der Waals surface area contributed by atoms with Gasteiger partial charge in [-0.25, -0.2) is 4.99 Å². The van der Waals surface area contributed by atoms with Crippen LogP contribution in [0.4, 0.5) is 0 Å². The molecule has 17 heavy (non-hydrogen) atoms. The first-order chi connectivity index (χ1) is 7.97. The van der Waals surface area contributed by atoms with E-state index >= 15 is 0 Å². The third kappa shape index (κ3) is 8.74. The zero-order chi connectivity index (χ0) is 13.3. The number of hydrogen-bond acceptors (Lipinski definition) is 2. The second kappa shape index (κ2) is 9.05. The highest BCUT2D eigenvalue weighted by molar-refractivity contribution is 5.77. The van der Waals surface area contributed by atoms with Crippen molar-refractivity contribution in [3.8, 4) is 0 Å². The van der Waals surface area contributed by atoms with Crippen LogP contribution in [0.25, 0.3) is 0 Å². The summed E-state index contributed by atoms with van der Waals surface area (Å²) < 4.78 is 5.65. The van der Waals surface area contributed by atoms with Gasteiger partial charge >= 0.3 is 0 Å². The smallest absolute Gasteiger partial charge is 0.188 e. The molecule has 100 valence electrons. The third-order valence-electron chi connectivity index (χ3n) is 2.38. The first-order valence-corrected chi connectivity index (χ1v) is 6.27. The van der Waals surface area contributed by atoms with Gasteiger partial charge in [0.1, 0.15) is 0 Å². The normalized spacial score (nSPS) is 13.8. The van der Waals surface area contributed by atoms with Crippen LogP contribution < -0.4 is 11.1 Å². The highest BCUT2D eigenvalue weighted by Gasteiger charge is 2.12. The van der Waals surface area contributed by atoms with Gasteiger partial charge in [0.2, 0.25) is 0 Å². The van der Waals surface area contributed by atoms with Gasteiger partial charge < -0.3 is 15.8 Å². The molecule has 0 fully saturated rings. The number of nitrogens with one attached hydrogen (secondary N) is 1. The molecular weight excluding hydrogens is 214 g/mol. The molecule has 1 unspecified atom stereocenters. The van der Waals surface area contributed by atoms with E-state index in [4.69, 9.17) is 10.5 Å². The molecule has 0 aromatic rings. The summed E-state index contributed by atoms with van der Waals surface area (Å²) in [7, 11) is 0. The van der Waals surface area contributed by atoms with E-state index in [-0.39, 0.29) is 6.10 Å². The maximum atomic E-state index is 5.72. The molecular formula is C13H27N3O. The van der Waals surface area contributed by atoms with Crippen LogP contribution in [0.2, 0.25) is 0 Å². The Bertz CT molecular complexity index is 249. The monoisotopic (exact) mass is 241 g/mol. The van der Waals surface area contributed by atoms with Crippen molar-refractivity contribution in [2.24, 2.45) is 16.6 Å². The average Bonchev–Trinajstić information content (AvgIpc) is 2.25. The minimum Gasteiger partial charge on any atom is -0.378 e. The quantitative estimate of drug-likeness (QED) is 0.388. The van der Waals surface area contributed by atoms with Crippen molar-refractivity contribution in [3.63, 3.8) is 0 Å². The highest BCUT2D eigenvalue weighted by atomic mass is 16.5. The zero-order valence-corrected chi connectivity index (χ0v) is 11.6. The Morgan fingerprint density at radius 2 is 2.12 bits per heavy atom. The molecule has 0 radical (unpaired) electrons. The number of guanidine groups is 1. The second-order valence-electron chi connectivity index (χ2n) is 4.61. The van der Waals surface area contributed by atoms with Gasteiger partial charge in [0.15, 0.2) is 5.96 Å². The molecule has 0 amide bonds. The fraction of sp³-hybridized carbons (Fsp3) is 0.769. The minimum absolute atomic E-state index is 0.279. The van der Waals surface area contributed by atoms with Gasteiger partial charge in [-0.15, -0.1) is 0 Å². The van der Waals surface area contributed by atoms with Crippen LogP contribution in [0.1, 0.15) is 34.1 Å². The van der Waals surface area contributed by atoms with Gasteiger partial charge in [-0.2, -0.15) is 0 Å². The molecule has 0 rings (SSSR count). The van der Waals surface area contributed by atoms with Crippen LogP contribution in [0.5, 0.6) is 0 Å². The Morgan fingerprint density at radius 3 is 2.59 bits per heavy atom. The Morgan fingerprint density at radius 1 is 1.47 bits per heavy atom. The molecule has 0 saturated heterocycles. The molecule has 0 heterocycles. The summed E-state index contributed by atoms with van der Waals surface area (Å²) in [5.41, 5.74) is 6.72. The van der Waals surface area contributed by atoms with E-state index in [1.54, 1.807) is 0 Å². The Hall–Kier alpha value is -1.03. The minimum atomic E-state index is 0.279. The number of rotatable bonds is 8.